The van der Waals surface area contributed by atoms with Crippen LogP contribution in [0.15, 0.2) is 12.4 Å². The number of carbonyl (C=O) groups is 1. The zero-order chi connectivity index (χ0) is 11.5. The first-order valence-electron chi connectivity index (χ1n) is 6.02. The van der Waals surface area contributed by atoms with Crippen molar-refractivity contribution in [3.63, 3.8) is 0 Å². The van der Waals surface area contributed by atoms with E-state index in [-0.39, 0.29) is 11.8 Å². The van der Waals surface area contributed by atoms with Crippen molar-refractivity contribution in [3.05, 3.63) is 18.2 Å². The summed E-state index contributed by atoms with van der Waals surface area (Å²) in [7, 11) is 0. The van der Waals surface area contributed by atoms with E-state index in [0.717, 1.165) is 13.0 Å². The Morgan fingerprint density at radius 1 is 1.69 bits per heavy atom. The summed E-state index contributed by atoms with van der Waals surface area (Å²) in [6, 6.07) is 0.0271. The molecule has 0 saturated heterocycles. The number of nitrogens with two attached hydrogens (primary N) is 1. The maximum atomic E-state index is 12.0. The van der Waals surface area contributed by atoms with E-state index in [1.165, 1.54) is 12.8 Å². The van der Waals surface area contributed by atoms with E-state index in [1.807, 2.05) is 10.8 Å². The third-order valence-corrected chi connectivity index (χ3v) is 3.08. The lowest BCUT2D eigenvalue weighted by atomic mass is 10.1. The second-order valence-electron chi connectivity index (χ2n) is 4.57. The first-order chi connectivity index (χ1) is 7.72. The molecule has 0 aliphatic heterocycles. The normalized spacial score (nSPS) is 17.4. The molecule has 1 heterocycles. The fourth-order valence-corrected chi connectivity index (χ4v) is 1.98. The Morgan fingerprint density at radius 3 is 3.06 bits per heavy atom. The SMILES string of the molecule is CCCn1ccnc1C(=O)CC(N)C1CC1. The van der Waals surface area contributed by atoms with Crippen molar-refractivity contribution in [1.29, 1.82) is 0 Å². The van der Waals surface area contributed by atoms with Gasteiger partial charge in [-0.15, -0.1) is 0 Å². The van der Waals surface area contributed by atoms with E-state index in [4.69, 9.17) is 5.73 Å². The number of Topliss-reactive ketones (excluding diaryl/α,β-unsaturated/α-hetero) is 1. The molecular formula is C12H19N3O. The van der Waals surface area contributed by atoms with Crippen molar-refractivity contribution in [2.75, 3.05) is 0 Å². The first-order valence-corrected chi connectivity index (χ1v) is 6.02. The van der Waals surface area contributed by atoms with Gasteiger partial charge in [-0.3, -0.25) is 4.79 Å². The lowest BCUT2D eigenvalue weighted by molar-refractivity contribution is 0.0957. The van der Waals surface area contributed by atoms with Gasteiger partial charge in [0.2, 0.25) is 0 Å². The molecule has 88 valence electrons. The highest BCUT2D eigenvalue weighted by Gasteiger charge is 2.30. The van der Waals surface area contributed by atoms with Crippen molar-refractivity contribution in [3.8, 4) is 0 Å². The van der Waals surface area contributed by atoms with Gasteiger partial charge in [0.15, 0.2) is 11.6 Å². The molecule has 1 aliphatic rings. The summed E-state index contributed by atoms with van der Waals surface area (Å²) >= 11 is 0. The highest BCUT2D eigenvalue weighted by Crippen LogP contribution is 2.33. The van der Waals surface area contributed by atoms with Crippen LogP contribution in [0.25, 0.3) is 0 Å². The van der Waals surface area contributed by atoms with E-state index >= 15 is 0 Å². The highest BCUT2D eigenvalue weighted by molar-refractivity contribution is 5.93. The predicted octanol–water partition coefficient (Wildman–Crippen LogP) is 1.60. The van der Waals surface area contributed by atoms with Gasteiger partial charge in [0.25, 0.3) is 0 Å². The number of hydrogen-bond donors (Lipinski definition) is 1. The third-order valence-electron chi connectivity index (χ3n) is 3.08. The van der Waals surface area contributed by atoms with Crippen molar-refractivity contribution in [1.82, 2.24) is 9.55 Å². The quantitative estimate of drug-likeness (QED) is 0.742. The van der Waals surface area contributed by atoms with Gasteiger partial charge in [-0.2, -0.15) is 0 Å². The topological polar surface area (TPSA) is 60.9 Å². The fourth-order valence-electron chi connectivity index (χ4n) is 1.98. The summed E-state index contributed by atoms with van der Waals surface area (Å²) < 4.78 is 1.92. The summed E-state index contributed by atoms with van der Waals surface area (Å²) in [5.41, 5.74) is 5.95. The van der Waals surface area contributed by atoms with Gasteiger partial charge in [-0.1, -0.05) is 6.92 Å². The average Bonchev–Trinajstić information content (AvgIpc) is 3.00. The Kier molecular flexibility index (Phi) is 3.39. The van der Waals surface area contributed by atoms with Crippen LogP contribution >= 0.6 is 0 Å². The second kappa shape index (κ2) is 4.78. The van der Waals surface area contributed by atoms with Crippen LogP contribution in [0.1, 0.15) is 43.2 Å². The van der Waals surface area contributed by atoms with Gasteiger partial charge in [-0.25, -0.2) is 4.98 Å². The van der Waals surface area contributed by atoms with Crippen LogP contribution in [0.2, 0.25) is 0 Å². The lowest BCUT2D eigenvalue weighted by Gasteiger charge is -2.09. The minimum absolute atomic E-state index is 0.0271. The molecule has 0 bridgehead atoms. The summed E-state index contributed by atoms with van der Waals surface area (Å²) in [6.45, 7) is 2.93. The summed E-state index contributed by atoms with van der Waals surface area (Å²) in [5, 5.41) is 0. The largest absolute Gasteiger partial charge is 0.329 e. The monoisotopic (exact) mass is 221 g/mol. The third kappa shape index (κ3) is 2.50. The van der Waals surface area contributed by atoms with Crippen molar-refractivity contribution in [2.45, 2.75) is 45.2 Å². The van der Waals surface area contributed by atoms with Crippen LogP contribution in [-0.4, -0.2) is 21.4 Å². The maximum Gasteiger partial charge on any atom is 0.199 e. The molecule has 1 unspecified atom stereocenters. The van der Waals surface area contributed by atoms with Gasteiger partial charge in [0.05, 0.1) is 0 Å². The zero-order valence-corrected chi connectivity index (χ0v) is 9.72. The molecule has 2 rings (SSSR count). The molecule has 0 spiro atoms. The molecule has 0 radical (unpaired) electrons. The van der Waals surface area contributed by atoms with Crippen LogP contribution < -0.4 is 5.73 Å². The first kappa shape index (κ1) is 11.3. The van der Waals surface area contributed by atoms with Gasteiger partial charge in [-0.05, 0) is 25.2 Å². The summed E-state index contributed by atoms with van der Waals surface area (Å²) in [5.74, 6) is 1.22. The van der Waals surface area contributed by atoms with Crippen molar-refractivity contribution < 1.29 is 4.79 Å². The molecule has 1 atom stereocenters. The lowest BCUT2D eigenvalue weighted by Crippen LogP contribution is -2.27. The van der Waals surface area contributed by atoms with Crippen molar-refractivity contribution in [2.24, 2.45) is 11.7 Å². The Bertz CT molecular complexity index is 368. The molecule has 1 aromatic rings. The van der Waals surface area contributed by atoms with Crippen LogP contribution in [0, 0.1) is 5.92 Å². The molecule has 2 N–H and O–H groups in total. The molecular weight excluding hydrogens is 202 g/mol. The number of rotatable bonds is 6. The van der Waals surface area contributed by atoms with Crippen LogP contribution in [0.4, 0.5) is 0 Å². The maximum absolute atomic E-state index is 12.0. The predicted molar refractivity (Wildman–Crippen MR) is 62.2 cm³/mol. The minimum atomic E-state index is 0.0271. The van der Waals surface area contributed by atoms with E-state index < -0.39 is 0 Å². The molecule has 1 fully saturated rings. The number of aryl methyl sites for hydroxylation is 1. The Balaban J connectivity index is 1.98. The molecule has 16 heavy (non-hydrogen) atoms. The molecule has 1 aromatic heterocycles. The Hall–Kier alpha value is -1.16. The number of ketones is 1. The number of imidazole rings is 1. The van der Waals surface area contributed by atoms with Gasteiger partial charge in [0.1, 0.15) is 0 Å². The standard InChI is InChI=1S/C12H19N3O/c1-2-6-15-7-5-14-12(15)11(16)8-10(13)9-3-4-9/h5,7,9-10H,2-4,6,8,13H2,1H3. The Morgan fingerprint density at radius 2 is 2.44 bits per heavy atom. The Labute approximate surface area is 95.9 Å². The summed E-state index contributed by atoms with van der Waals surface area (Å²) in [4.78, 5) is 16.1. The van der Waals surface area contributed by atoms with Crippen LogP contribution in [-0.2, 0) is 6.54 Å². The van der Waals surface area contributed by atoms with Gasteiger partial charge >= 0.3 is 0 Å². The second-order valence-corrected chi connectivity index (χ2v) is 4.57. The molecule has 4 heteroatoms. The zero-order valence-electron chi connectivity index (χ0n) is 9.72. The van der Waals surface area contributed by atoms with E-state index in [1.54, 1.807) is 6.20 Å². The average molecular weight is 221 g/mol. The molecule has 1 aliphatic carbocycles. The van der Waals surface area contributed by atoms with Crippen LogP contribution in [0.3, 0.4) is 0 Å². The fraction of sp³-hybridized carbons (Fsp3) is 0.667. The van der Waals surface area contributed by atoms with Gasteiger partial charge in [0, 0.05) is 31.4 Å². The minimum Gasteiger partial charge on any atom is -0.329 e. The molecule has 4 nitrogen and oxygen atoms in total. The molecule has 1 saturated carbocycles. The number of carbonyl (C=O) groups excluding carboxylic acids is 1. The smallest absolute Gasteiger partial charge is 0.199 e. The van der Waals surface area contributed by atoms with Gasteiger partial charge < -0.3 is 10.3 Å². The molecule has 0 amide bonds. The van der Waals surface area contributed by atoms with E-state index in [9.17, 15) is 4.79 Å². The van der Waals surface area contributed by atoms with E-state index in [2.05, 4.69) is 11.9 Å². The number of hydrogen-bond acceptors (Lipinski definition) is 3. The highest BCUT2D eigenvalue weighted by atomic mass is 16.1. The number of aromatic nitrogens is 2. The van der Waals surface area contributed by atoms with E-state index in [0.29, 0.717) is 18.2 Å². The number of nitrogens with zero attached hydrogens (tertiary/aromatic N) is 2. The van der Waals surface area contributed by atoms with Crippen molar-refractivity contribution >= 4 is 5.78 Å². The summed E-state index contributed by atoms with van der Waals surface area (Å²) in [6.07, 6.45) is 7.34. The van der Waals surface area contributed by atoms with Crippen LogP contribution in [0.5, 0.6) is 0 Å². The molecule has 0 aromatic carbocycles.